The third-order valence-electron chi connectivity index (χ3n) is 4.53. The standard InChI is InChI=1S/C19H16Cl2N2O/c1-12-10-23(19(24)14-4-2-13(9-22)3-5-14)11-16(12)15-6-7-17(20)18(21)8-15/h2-8,12,16H,10-11H2,1H3/t12-,16-/m1/s1. The highest BCUT2D eigenvalue weighted by molar-refractivity contribution is 6.42. The van der Waals surface area contributed by atoms with E-state index in [1.807, 2.05) is 17.0 Å². The van der Waals surface area contributed by atoms with Crippen molar-refractivity contribution in [3.8, 4) is 6.07 Å². The average Bonchev–Trinajstić information content (AvgIpc) is 2.98. The van der Waals surface area contributed by atoms with Gasteiger partial charge in [-0.05, 0) is 47.9 Å². The smallest absolute Gasteiger partial charge is 0.253 e. The molecule has 2 aromatic rings. The number of carbonyl (C=O) groups excluding carboxylic acids is 1. The van der Waals surface area contributed by atoms with E-state index in [2.05, 4.69) is 13.0 Å². The minimum absolute atomic E-state index is 0.00565. The number of nitrogens with zero attached hydrogens (tertiary/aromatic N) is 2. The molecule has 1 aliphatic heterocycles. The molecule has 0 spiro atoms. The number of hydrogen-bond donors (Lipinski definition) is 0. The number of rotatable bonds is 2. The molecule has 122 valence electrons. The predicted molar refractivity (Wildman–Crippen MR) is 95.4 cm³/mol. The molecule has 2 atom stereocenters. The monoisotopic (exact) mass is 358 g/mol. The third-order valence-corrected chi connectivity index (χ3v) is 5.27. The van der Waals surface area contributed by atoms with E-state index in [-0.39, 0.29) is 11.8 Å². The van der Waals surface area contributed by atoms with Crippen molar-refractivity contribution >= 4 is 29.1 Å². The first kappa shape index (κ1) is 16.8. The Labute approximate surface area is 151 Å². The highest BCUT2D eigenvalue weighted by Crippen LogP contribution is 2.35. The van der Waals surface area contributed by atoms with E-state index in [0.29, 0.717) is 40.2 Å². The van der Waals surface area contributed by atoms with Crippen LogP contribution >= 0.6 is 23.2 Å². The van der Waals surface area contributed by atoms with Gasteiger partial charge in [-0.3, -0.25) is 4.79 Å². The van der Waals surface area contributed by atoms with Crippen LogP contribution in [0.25, 0.3) is 0 Å². The molecule has 3 rings (SSSR count). The summed E-state index contributed by atoms with van der Waals surface area (Å²) in [4.78, 5) is 14.5. The highest BCUT2D eigenvalue weighted by Gasteiger charge is 2.33. The number of carbonyl (C=O) groups is 1. The number of nitriles is 1. The van der Waals surface area contributed by atoms with Crippen molar-refractivity contribution in [3.05, 3.63) is 69.2 Å². The van der Waals surface area contributed by atoms with Crippen LogP contribution in [0.3, 0.4) is 0 Å². The van der Waals surface area contributed by atoms with Crippen LogP contribution in [-0.4, -0.2) is 23.9 Å². The van der Waals surface area contributed by atoms with Gasteiger partial charge in [0.1, 0.15) is 0 Å². The Kier molecular flexibility index (Phi) is 4.80. The van der Waals surface area contributed by atoms with E-state index in [0.717, 1.165) is 5.56 Å². The predicted octanol–water partition coefficient (Wildman–Crippen LogP) is 4.74. The van der Waals surface area contributed by atoms with Gasteiger partial charge in [0, 0.05) is 24.6 Å². The lowest BCUT2D eigenvalue weighted by molar-refractivity contribution is 0.0787. The maximum atomic E-state index is 12.7. The first-order chi connectivity index (χ1) is 11.5. The first-order valence-electron chi connectivity index (χ1n) is 7.74. The van der Waals surface area contributed by atoms with Crippen LogP contribution in [0.4, 0.5) is 0 Å². The second-order valence-corrected chi connectivity index (χ2v) is 6.97. The number of likely N-dealkylation sites (tertiary alicyclic amines) is 1. The van der Waals surface area contributed by atoms with Gasteiger partial charge in [-0.25, -0.2) is 0 Å². The van der Waals surface area contributed by atoms with Gasteiger partial charge in [0.15, 0.2) is 0 Å². The summed E-state index contributed by atoms with van der Waals surface area (Å²) in [5.74, 6) is 0.570. The zero-order chi connectivity index (χ0) is 17.3. The zero-order valence-electron chi connectivity index (χ0n) is 13.2. The van der Waals surface area contributed by atoms with E-state index >= 15 is 0 Å². The van der Waals surface area contributed by atoms with Crippen molar-refractivity contribution in [2.75, 3.05) is 13.1 Å². The fourth-order valence-electron chi connectivity index (χ4n) is 3.18. The quantitative estimate of drug-likeness (QED) is 0.777. The third kappa shape index (κ3) is 3.26. The molecular formula is C19H16Cl2N2O. The summed E-state index contributed by atoms with van der Waals surface area (Å²) in [6, 6.07) is 14.5. The molecule has 1 amide bonds. The topological polar surface area (TPSA) is 44.1 Å². The molecule has 1 saturated heterocycles. The summed E-state index contributed by atoms with van der Waals surface area (Å²) in [5.41, 5.74) is 2.26. The second-order valence-electron chi connectivity index (χ2n) is 6.16. The lowest BCUT2D eigenvalue weighted by Crippen LogP contribution is -2.28. The molecule has 0 radical (unpaired) electrons. The average molecular weight is 359 g/mol. The summed E-state index contributed by atoms with van der Waals surface area (Å²) in [5, 5.41) is 9.93. The van der Waals surface area contributed by atoms with E-state index in [4.69, 9.17) is 28.5 Å². The summed E-state index contributed by atoms with van der Waals surface area (Å²) >= 11 is 12.1. The Morgan fingerprint density at radius 3 is 2.46 bits per heavy atom. The Balaban J connectivity index is 1.78. The van der Waals surface area contributed by atoms with Crippen LogP contribution in [0.2, 0.25) is 10.0 Å². The van der Waals surface area contributed by atoms with Gasteiger partial charge in [-0.2, -0.15) is 5.26 Å². The SMILES string of the molecule is C[C@@H]1CN(C(=O)c2ccc(C#N)cc2)C[C@H]1c1ccc(Cl)c(Cl)c1. The van der Waals surface area contributed by atoms with Gasteiger partial charge >= 0.3 is 0 Å². The van der Waals surface area contributed by atoms with Gasteiger partial charge in [0.2, 0.25) is 0 Å². The minimum Gasteiger partial charge on any atom is -0.338 e. The molecule has 5 heteroatoms. The summed E-state index contributed by atoms with van der Waals surface area (Å²) in [7, 11) is 0. The van der Waals surface area contributed by atoms with Gasteiger partial charge in [0.05, 0.1) is 21.7 Å². The highest BCUT2D eigenvalue weighted by atomic mass is 35.5. The Morgan fingerprint density at radius 1 is 1.12 bits per heavy atom. The molecule has 0 aromatic heterocycles. The van der Waals surface area contributed by atoms with E-state index in [1.54, 1.807) is 30.3 Å². The van der Waals surface area contributed by atoms with Crippen LogP contribution in [0.1, 0.15) is 34.3 Å². The maximum absolute atomic E-state index is 12.7. The summed E-state index contributed by atoms with van der Waals surface area (Å²) < 4.78 is 0. The molecule has 1 heterocycles. The summed E-state index contributed by atoms with van der Waals surface area (Å²) in [6.07, 6.45) is 0. The Hall–Kier alpha value is -2.02. The molecule has 1 aliphatic rings. The fourth-order valence-corrected chi connectivity index (χ4v) is 3.49. The van der Waals surface area contributed by atoms with E-state index in [9.17, 15) is 4.79 Å². The fraction of sp³-hybridized carbons (Fsp3) is 0.263. The molecule has 24 heavy (non-hydrogen) atoms. The van der Waals surface area contributed by atoms with Gasteiger partial charge in [-0.15, -0.1) is 0 Å². The maximum Gasteiger partial charge on any atom is 0.253 e. The normalized spacial score (nSPS) is 20.0. The van der Waals surface area contributed by atoms with Crippen molar-refractivity contribution in [2.24, 2.45) is 5.92 Å². The van der Waals surface area contributed by atoms with Crippen molar-refractivity contribution < 1.29 is 4.79 Å². The molecule has 0 unspecified atom stereocenters. The van der Waals surface area contributed by atoms with E-state index < -0.39 is 0 Å². The molecule has 0 saturated carbocycles. The van der Waals surface area contributed by atoms with E-state index in [1.165, 1.54) is 0 Å². The second kappa shape index (κ2) is 6.84. The van der Waals surface area contributed by atoms with Crippen molar-refractivity contribution in [2.45, 2.75) is 12.8 Å². The van der Waals surface area contributed by atoms with Crippen LogP contribution in [0.15, 0.2) is 42.5 Å². The first-order valence-corrected chi connectivity index (χ1v) is 8.49. The zero-order valence-corrected chi connectivity index (χ0v) is 14.7. The summed E-state index contributed by atoms with van der Waals surface area (Å²) in [6.45, 7) is 3.49. The van der Waals surface area contributed by atoms with Crippen LogP contribution < -0.4 is 0 Å². The Bertz CT molecular complexity index is 811. The van der Waals surface area contributed by atoms with Gasteiger partial charge in [-0.1, -0.05) is 36.2 Å². The number of amides is 1. The largest absolute Gasteiger partial charge is 0.338 e. The molecule has 1 fully saturated rings. The molecule has 2 aromatic carbocycles. The molecule has 3 nitrogen and oxygen atoms in total. The van der Waals surface area contributed by atoms with Crippen LogP contribution in [-0.2, 0) is 0 Å². The van der Waals surface area contributed by atoms with Crippen molar-refractivity contribution in [1.29, 1.82) is 5.26 Å². The Morgan fingerprint density at radius 2 is 1.83 bits per heavy atom. The number of benzene rings is 2. The lowest BCUT2D eigenvalue weighted by Gasteiger charge is -2.17. The molecular weight excluding hydrogens is 343 g/mol. The lowest BCUT2D eigenvalue weighted by atomic mass is 9.90. The van der Waals surface area contributed by atoms with Gasteiger partial charge in [0.25, 0.3) is 5.91 Å². The van der Waals surface area contributed by atoms with Crippen molar-refractivity contribution in [3.63, 3.8) is 0 Å². The number of halogens is 2. The minimum atomic E-state index is -0.00565. The molecule has 0 N–H and O–H groups in total. The van der Waals surface area contributed by atoms with Crippen LogP contribution in [0, 0.1) is 17.2 Å². The number of hydrogen-bond acceptors (Lipinski definition) is 2. The van der Waals surface area contributed by atoms with Crippen LogP contribution in [0.5, 0.6) is 0 Å². The molecule has 0 bridgehead atoms. The molecule has 0 aliphatic carbocycles. The van der Waals surface area contributed by atoms with Crippen molar-refractivity contribution in [1.82, 2.24) is 4.90 Å². The van der Waals surface area contributed by atoms with Gasteiger partial charge < -0.3 is 4.90 Å².